The Bertz CT molecular complexity index is 2190. The highest BCUT2D eigenvalue weighted by Crippen LogP contribution is 2.57. The molecule has 54 heavy (non-hydrogen) atoms. The van der Waals surface area contributed by atoms with Crippen LogP contribution >= 0.6 is 0 Å². The number of hydrogen-bond acceptors (Lipinski definition) is 6. The van der Waals surface area contributed by atoms with Crippen LogP contribution in [0.3, 0.4) is 0 Å². The van der Waals surface area contributed by atoms with E-state index < -0.39 is 0 Å². The van der Waals surface area contributed by atoms with E-state index in [9.17, 15) is 0 Å². The molecule has 4 aromatic carbocycles. The second-order valence-electron chi connectivity index (χ2n) is 15.8. The van der Waals surface area contributed by atoms with E-state index in [0.717, 1.165) is 84.5 Å². The van der Waals surface area contributed by atoms with Crippen LogP contribution in [0.15, 0.2) is 109 Å². The van der Waals surface area contributed by atoms with E-state index in [2.05, 4.69) is 86.6 Å². The summed E-state index contributed by atoms with van der Waals surface area (Å²) in [4.78, 5) is 0. The van der Waals surface area contributed by atoms with Crippen LogP contribution in [0.1, 0.15) is 84.0 Å². The van der Waals surface area contributed by atoms with Gasteiger partial charge in [-0.2, -0.15) is 10.2 Å². The fraction of sp³-hybridized carbons (Fsp3) is 0.348. The molecule has 0 spiro atoms. The first kappa shape index (κ1) is 32.0. The van der Waals surface area contributed by atoms with Crippen LogP contribution in [-0.2, 0) is 0 Å². The second kappa shape index (κ2) is 12.5. The molecular weight excluding hydrogens is 673 g/mol. The van der Waals surface area contributed by atoms with E-state index in [1.807, 2.05) is 45.8 Å². The van der Waals surface area contributed by atoms with E-state index in [-0.39, 0.29) is 24.4 Å². The van der Waals surface area contributed by atoms with Gasteiger partial charge < -0.3 is 18.9 Å². The third-order valence-electron chi connectivity index (χ3n) is 12.8. The first-order valence-corrected chi connectivity index (χ1v) is 19.8. The van der Waals surface area contributed by atoms with Gasteiger partial charge in [0.2, 0.25) is 11.8 Å². The Morgan fingerprint density at radius 1 is 0.463 bits per heavy atom. The summed E-state index contributed by atoms with van der Waals surface area (Å²) >= 11 is 0. The number of aryl methyl sites for hydroxylation is 2. The molecule has 0 amide bonds. The van der Waals surface area contributed by atoms with Crippen LogP contribution in [0.5, 0.6) is 23.3 Å². The molecule has 0 bridgehead atoms. The fourth-order valence-electron chi connectivity index (χ4n) is 10.6. The lowest BCUT2D eigenvalue weighted by molar-refractivity contribution is -0.0333. The summed E-state index contributed by atoms with van der Waals surface area (Å²) < 4.78 is 30.0. The summed E-state index contributed by atoms with van der Waals surface area (Å²) in [5.41, 5.74) is 9.25. The molecule has 2 aromatic heterocycles. The number of fused-ring (bicyclic) bond motifs is 8. The van der Waals surface area contributed by atoms with Crippen LogP contribution in [0.2, 0.25) is 0 Å². The monoisotopic (exact) mass is 716 g/mol. The molecular formula is C46H44N4O4. The van der Waals surface area contributed by atoms with Gasteiger partial charge in [0.25, 0.3) is 0 Å². The van der Waals surface area contributed by atoms with Gasteiger partial charge in [-0.05, 0) is 88.8 Å². The van der Waals surface area contributed by atoms with E-state index in [1.165, 1.54) is 22.3 Å². The molecule has 0 saturated heterocycles. The van der Waals surface area contributed by atoms with Crippen molar-refractivity contribution < 1.29 is 18.9 Å². The maximum absolute atomic E-state index is 6.61. The van der Waals surface area contributed by atoms with Gasteiger partial charge >= 0.3 is 0 Å². The molecule has 2 fully saturated rings. The topological polar surface area (TPSA) is 72.6 Å². The number of nitrogens with zero attached hydrogens (tertiary/aromatic N) is 4. The first-order valence-electron chi connectivity index (χ1n) is 19.8. The Morgan fingerprint density at radius 2 is 0.833 bits per heavy atom. The number of rotatable bonds is 2. The summed E-state index contributed by atoms with van der Waals surface area (Å²) in [7, 11) is 0. The summed E-state index contributed by atoms with van der Waals surface area (Å²) in [6.07, 6.45) is 7.52. The minimum Gasteiger partial charge on any atom is -0.490 e. The molecule has 6 heterocycles. The molecule has 8 atom stereocenters. The van der Waals surface area contributed by atoms with Crippen molar-refractivity contribution in [3.05, 3.63) is 143 Å². The van der Waals surface area contributed by atoms with Gasteiger partial charge in [0, 0.05) is 45.9 Å². The predicted octanol–water partition coefficient (Wildman–Crippen LogP) is 9.27. The van der Waals surface area contributed by atoms with E-state index >= 15 is 0 Å². The molecule has 2 saturated carbocycles. The van der Waals surface area contributed by atoms with Crippen molar-refractivity contribution in [1.29, 1.82) is 0 Å². The van der Waals surface area contributed by atoms with Gasteiger partial charge in [0.15, 0.2) is 0 Å². The summed E-state index contributed by atoms with van der Waals surface area (Å²) in [5.74, 6) is 5.23. The standard InChI is InChI=1S/2C23H22N2O2/c2*1-14-20-21-16-10-5-6-11-17(16)26-18-12-7-13-19(22(18)21)27-23(20)25(24-14)15-8-3-2-4-9-15/h2*2-6,8-11,18-19,21-22H,7,12-13H2,1H3/t2*18-,19+,21+,22-/m10/s1. The van der Waals surface area contributed by atoms with Gasteiger partial charge in [-0.15, -0.1) is 0 Å². The van der Waals surface area contributed by atoms with E-state index in [1.54, 1.807) is 0 Å². The van der Waals surface area contributed by atoms with Gasteiger partial charge in [0.1, 0.15) is 35.9 Å². The van der Waals surface area contributed by atoms with Crippen LogP contribution in [0.4, 0.5) is 0 Å². The Labute approximate surface area is 315 Å². The number of ether oxygens (including phenoxy) is 4. The molecule has 272 valence electrons. The molecule has 12 rings (SSSR count). The highest BCUT2D eigenvalue weighted by molar-refractivity contribution is 5.55. The molecule has 6 aromatic rings. The highest BCUT2D eigenvalue weighted by atomic mass is 16.5. The van der Waals surface area contributed by atoms with Crippen LogP contribution in [0.25, 0.3) is 11.4 Å². The zero-order valence-corrected chi connectivity index (χ0v) is 30.7. The van der Waals surface area contributed by atoms with Crippen molar-refractivity contribution >= 4 is 0 Å². The largest absolute Gasteiger partial charge is 0.490 e. The minimum absolute atomic E-state index is 0.188. The van der Waals surface area contributed by atoms with Crippen molar-refractivity contribution in [3.63, 3.8) is 0 Å². The first-order chi connectivity index (χ1) is 26.6. The van der Waals surface area contributed by atoms with Crippen LogP contribution < -0.4 is 18.9 Å². The molecule has 6 aliphatic rings. The Hall–Kier alpha value is -5.50. The average molecular weight is 717 g/mol. The number of benzene rings is 4. The Kier molecular flexibility index (Phi) is 7.43. The van der Waals surface area contributed by atoms with E-state index in [0.29, 0.717) is 23.7 Å². The lowest BCUT2D eigenvalue weighted by Gasteiger charge is -2.48. The number of hydrogen-bond donors (Lipinski definition) is 0. The van der Waals surface area contributed by atoms with Crippen molar-refractivity contribution in [2.75, 3.05) is 0 Å². The Balaban J connectivity index is 0.000000126. The maximum atomic E-state index is 6.61. The lowest BCUT2D eigenvalue weighted by atomic mass is 9.67. The highest BCUT2D eigenvalue weighted by Gasteiger charge is 2.53. The third-order valence-corrected chi connectivity index (χ3v) is 12.8. The summed E-state index contributed by atoms with van der Waals surface area (Å²) in [6.45, 7) is 4.22. The molecule has 2 aliphatic carbocycles. The molecule has 8 heteroatoms. The van der Waals surface area contributed by atoms with Gasteiger partial charge in [-0.1, -0.05) is 72.8 Å². The van der Waals surface area contributed by atoms with Gasteiger partial charge in [0.05, 0.1) is 22.8 Å². The van der Waals surface area contributed by atoms with Crippen molar-refractivity contribution in [2.45, 2.75) is 88.6 Å². The SMILES string of the molecule is Cc1nn(-c2ccccc2)c2c1[C@@H]1c3ccccc3O[C@@H]3CCC[C@H](O2)[C@H]13.Cc1nn(-c2ccccc2)c2c1[C@H]1c3ccccc3O[C@H]3CCC[C@@H](O2)[C@@H]13. The fourth-order valence-corrected chi connectivity index (χ4v) is 10.6. The quantitative estimate of drug-likeness (QED) is 0.178. The lowest BCUT2D eigenvalue weighted by Crippen LogP contribution is -2.50. The third kappa shape index (κ3) is 4.88. The molecule has 0 N–H and O–H groups in total. The number of aromatic nitrogens is 4. The van der Waals surface area contributed by atoms with Crippen molar-refractivity contribution in [3.8, 4) is 34.6 Å². The van der Waals surface area contributed by atoms with Crippen molar-refractivity contribution in [1.82, 2.24) is 19.6 Å². The maximum Gasteiger partial charge on any atom is 0.221 e. The second-order valence-corrected chi connectivity index (χ2v) is 15.8. The summed E-state index contributed by atoms with van der Waals surface area (Å²) in [5, 5.41) is 9.78. The zero-order valence-electron chi connectivity index (χ0n) is 30.7. The predicted molar refractivity (Wildman–Crippen MR) is 206 cm³/mol. The van der Waals surface area contributed by atoms with Gasteiger partial charge in [-0.3, -0.25) is 0 Å². The molecule has 8 nitrogen and oxygen atoms in total. The number of para-hydroxylation sites is 4. The average Bonchev–Trinajstić information content (AvgIpc) is 3.74. The molecule has 4 aliphatic heterocycles. The normalized spacial score (nSPS) is 27.6. The smallest absolute Gasteiger partial charge is 0.221 e. The van der Waals surface area contributed by atoms with Crippen LogP contribution in [-0.4, -0.2) is 44.0 Å². The molecule has 0 radical (unpaired) electrons. The minimum atomic E-state index is 0.188. The van der Waals surface area contributed by atoms with Crippen molar-refractivity contribution in [2.24, 2.45) is 11.8 Å². The summed E-state index contributed by atoms with van der Waals surface area (Å²) in [6, 6.07) is 37.6. The zero-order chi connectivity index (χ0) is 35.9. The molecule has 0 unspecified atom stereocenters. The van der Waals surface area contributed by atoms with Gasteiger partial charge in [-0.25, -0.2) is 9.36 Å². The van der Waals surface area contributed by atoms with E-state index in [4.69, 9.17) is 29.1 Å². The van der Waals surface area contributed by atoms with Crippen LogP contribution in [0, 0.1) is 25.7 Å². The Morgan fingerprint density at radius 3 is 1.26 bits per heavy atom.